The van der Waals surface area contributed by atoms with E-state index < -0.39 is 0 Å². The van der Waals surface area contributed by atoms with Crippen molar-refractivity contribution in [3.8, 4) is 0 Å². The molecular weight excluding hydrogens is 224 g/mol. The van der Waals surface area contributed by atoms with Gasteiger partial charge in [0.25, 0.3) is 0 Å². The van der Waals surface area contributed by atoms with Gasteiger partial charge in [0.2, 0.25) is 0 Å². The minimum atomic E-state index is 0.190. The van der Waals surface area contributed by atoms with Crippen molar-refractivity contribution < 1.29 is 4.74 Å². The fourth-order valence-electron chi connectivity index (χ4n) is 1.75. The van der Waals surface area contributed by atoms with Crippen LogP contribution in [-0.4, -0.2) is 40.8 Å². The minimum Gasteiger partial charge on any atom is -0.388 e. The van der Waals surface area contributed by atoms with Gasteiger partial charge in [0.15, 0.2) is 5.82 Å². The summed E-state index contributed by atoms with van der Waals surface area (Å²) in [6, 6.07) is 0. The summed E-state index contributed by atoms with van der Waals surface area (Å²) in [6.45, 7) is 4.30. The van der Waals surface area contributed by atoms with Crippen molar-refractivity contribution in [3.05, 3.63) is 18.1 Å². The molecule has 2 heterocycles. The zero-order valence-electron chi connectivity index (χ0n) is 9.09. The predicted molar refractivity (Wildman–Crippen MR) is 65.5 cm³/mol. The van der Waals surface area contributed by atoms with Gasteiger partial charge in [-0.25, -0.2) is 9.97 Å². The fourth-order valence-corrected chi connectivity index (χ4v) is 1.89. The number of rotatable bonds is 2. The quantitative estimate of drug-likeness (QED) is 0.749. The van der Waals surface area contributed by atoms with Gasteiger partial charge in [-0.2, -0.15) is 0 Å². The number of ether oxygens (including phenoxy) is 1. The second-order valence-electron chi connectivity index (χ2n) is 3.72. The molecular formula is C10H14N4OS. The van der Waals surface area contributed by atoms with E-state index in [-0.39, 0.29) is 11.1 Å². The molecule has 2 N–H and O–H groups in total. The number of nitrogens with zero attached hydrogens (tertiary/aromatic N) is 3. The largest absolute Gasteiger partial charge is 0.388 e. The van der Waals surface area contributed by atoms with Crippen molar-refractivity contribution >= 4 is 23.0 Å². The van der Waals surface area contributed by atoms with Crippen LogP contribution in [0.25, 0.3) is 0 Å². The van der Waals surface area contributed by atoms with Gasteiger partial charge >= 0.3 is 0 Å². The van der Waals surface area contributed by atoms with Gasteiger partial charge in [-0.05, 0) is 6.92 Å². The highest BCUT2D eigenvalue weighted by Gasteiger charge is 2.21. The molecule has 1 fully saturated rings. The Labute approximate surface area is 99.6 Å². The summed E-state index contributed by atoms with van der Waals surface area (Å²) in [5.41, 5.74) is 6.22. The SMILES string of the molecule is CC1CN(c2nccnc2C(N)=S)CCO1. The van der Waals surface area contributed by atoms with Gasteiger partial charge < -0.3 is 15.4 Å². The highest BCUT2D eigenvalue weighted by molar-refractivity contribution is 7.80. The first-order valence-electron chi connectivity index (χ1n) is 5.16. The first kappa shape index (κ1) is 11.2. The molecule has 0 radical (unpaired) electrons. The van der Waals surface area contributed by atoms with E-state index in [2.05, 4.69) is 14.9 Å². The van der Waals surface area contributed by atoms with Crippen molar-refractivity contribution in [2.45, 2.75) is 13.0 Å². The van der Waals surface area contributed by atoms with Crippen molar-refractivity contribution in [1.29, 1.82) is 0 Å². The lowest BCUT2D eigenvalue weighted by Gasteiger charge is -2.32. The van der Waals surface area contributed by atoms with Crippen LogP contribution in [0.15, 0.2) is 12.4 Å². The third-order valence-electron chi connectivity index (χ3n) is 2.45. The molecule has 5 nitrogen and oxygen atoms in total. The monoisotopic (exact) mass is 238 g/mol. The summed E-state index contributed by atoms with van der Waals surface area (Å²) < 4.78 is 5.48. The number of anilines is 1. The van der Waals surface area contributed by atoms with Crippen LogP contribution in [0.1, 0.15) is 12.6 Å². The highest BCUT2D eigenvalue weighted by atomic mass is 32.1. The molecule has 1 unspecified atom stereocenters. The number of hydrogen-bond acceptors (Lipinski definition) is 5. The maximum Gasteiger partial charge on any atom is 0.157 e. The van der Waals surface area contributed by atoms with E-state index in [4.69, 9.17) is 22.7 Å². The van der Waals surface area contributed by atoms with Gasteiger partial charge in [-0.1, -0.05) is 12.2 Å². The van der Waals surface area contributed by atoms with Gasteiger partial charge in [0.1, 0.15) is 10.7 Å². The molecule has 6 heteroatoms. The molecule has 1 aromatic rings. The molecule has 86 valence electrons. The van der Waals surface area contributed by atoms with Crippen LogP contribution in [0.2, 0.25) is 0 Å². The lowest BCUT2D eigenvalue weighted by atomic mass is 10.2. The molecule has 0 amide bonds. The lowest BCUT2D eigenvalue weighted by molar-refractivity contribution is 0.0529. The van der Waals surface area contributed by atoms with Crippen molar-refractivity contribution in [2.24, 2.45) is 5.73 Å². The summed E-state index contributed by atoms with van der Waals surface area (Å²) in [4.78, 5) is 10.9. The van der Waals surface area contributed by atoms with Crippen LogP contribution < -0.4 is 10.6 Å². The summed E-state index contributed by atoms with van der Waals surface area (Å²) in [5.74, 6) is 0.755. The van der Waals surface area contributed by atoms with E-state index in [0.29, 0.717) is 12.3 Å². The Bertz CT molecular complexity index is 398. The molecule has 0 spiro atoms. The van der Waals surface area contributed by atoms with Crippen LogP contribution in [0, 0.1) is 0 Å². The van der Waals surface area contributed by atoms with E-state index in [0.717, 1.165) is 18.9 Å². The Morgan fingerprint density at radius 3 is 3.00 bits per heavy atom. The Balaban J connectivity index is 2.28. The highest BCUT2D eigenvalue weighted by Crippen LogP contribution is 2.17. The van der Waals surface area contributed by atoms with Crippen LogP contribution in [-0.2, 0) is 4.74 Å². The average molecular weight is 238 g/mol. The predicted octanol–water partition coefficient (Wildman–Crippen LogP) is 0.336. The van der Waals surface area contributed by atoms with Gasteiger partial charge in [0.05, 0.1) is 12.7 Å². The maximum absolute atomic E-state index is 5.63. The van der Waals surface area contributed by atoms with Crippen molar-refractivity contribution in [3.63, 3.8) is 0 Å². The fraction of sp³-hybridized carbons (Fsp3) is 0.500. The van der Waals surface area contributed by atoms with Gasteiger partial charge in [0, 0.05) is 25.5 Å². The molecule has 1 aromatic heterocycles. The van der Waals surface area contributed by atoms with E-state index in [1.165, 1.54) is 0 Å². The van der Waals surface area contributed by atoms with Crippen molar-refractivity contribution in [2.75, 3.05) is 24.6 Å². The molecule has 1 aliphatic heterocycles. The summed E-state index contributed by atoms with van der Waals surface area (Å²) in [6.07, 6.45) is 3.44. The molecule has 2 rings (SSSR count). The summed E-state index contributed by atoms with van der Waals surface area (Å²) >= 11 is 4.97. The Morgan fingerprint density at radius 2 is 2.31 bits per heavy atom. The molecule has 1 aliphatic rings. The average Bonchev–Trinajstić information content (AvgIpc) is 2.29. The van der Waals surface area contributed by atoms with E-state index in [1.54, 1.807) is 12.4 Å². The molecule has 1 saturated heterocycles. The molecule has 16 heavy (non-hydrogen) atoms. The zero-order chi connectivity index (χ0) is 11.5. The number of morpholine rings is 1. The first-order chi connectivity index (χ1) is 7.68. The third-order valence-corrected chi connectivity index (χ3v) is 2.65. The molecule has 0 aliphatic carbocycles. The van der Waals surface area contributed by atoms with E-state index in [1.807, 2.05) is 6.92 Å². The second-order valence-corrected chi connectivity index (χ2v) is 4.16. The number of thiocarbonyl (C=S) groups is 1. The Morgan fingerprint density at radius 1 is 1.56 bits per heavy atom. The number of hydrogen-bond donors (Lipinski definition) is 1. The minimum absolute atomic E-state index is 0.190. The summed E-state index contributed by atoms with van der Waals surface area (Å²) in [7, 11) is 0. The maximum atomic E-state index is 5.63. The molecule has 0 aromatic carbocycles. The zero-order valence-corrected chi connectivity index (χ0v) is 9.91. The van der Waals surface area contributed by atoms with E-state index in [9.17, 15) is 0 Å². The third kappa shape index (κ3) is 2.28. The van der Waals surface area contributed by atoms with Crippen LogP contribution in [0.5, 0.6) is 0 Å². The molecule has 1 atom stereocenters. The van der Waals surface area contributed by atoms with Crippen molar-refractivity contribution in [1.82, 2.24) is 9.97 Å². The van der Waals surface area contributed by atoms with Crippen LogP contribution in [0.3, 0.4) is 0 Å². The molecule has 0 saturated carbocycles. The topological polar surface area (TPSA) is 64.3 Å². The number of aromatic nitrogens is 2. The standard InChI is InChI=1S/C10H14N4OS/c1-7-6-14(4-5-15-7)10-8(9(11)16)12-2-3-13-10/h2-3,7H,4-6H2,1H3,(H2,11,16). The molecule has 0 bridgehead atoms. The van der Waals surface area contributed by atoms with Crippen LogP contribution in [0.4, 0.5) is 5.82 Å². The second kappa shape index (κ2) is 4.71. The Kier molecular flexibility index (Phi) is 3.31. The first-order valence-corrected chi connectivity index (χ1v) is 5.56. The van der Waals surface area contributed by atoms with Crippen LogP contribution >= 0.6 is 12.2 Å². The lowest BCUT2D eigenvalue weighted by Crippen LogP contribution is -2.42. The normalized spacial score (nSPS) is 20.8. The smallest absolute Gasteiger partial charge is 0.157 e. The Hall–Kier alpha value is -1.27. The van der Waals surface area contributed by atoms with Gasteiger partial charge in [-0.3, -0.25) is 0 Å². The summed E-state index contributed by atoms with van der Waals surface area (Å²) in [5, 5.41) is 0. The van der Waals surface area contributed by atoms with E-state index >= 15 is 0 Å². The number of nitrogens with two attached hydrogens (primary N) is 1. The van der Waals surface area contributed by atoms with Gasteiger partial charge in [-0.15, -0.1) is 0 Å².